The quantitative estimate of drug-likeness (QED) is 0.603. The molecule has 13 heavy (non-hydrogen) atoms. The summed E-state index contributed by atoms with van der Waals surface area (Å²) in [6, 6.07) is 2.26. The van der Waals surface area contributed by atoms with Crippen molar-refractivity contribution < 1.29 is 14.4 Å². The minimum atomic E-state index is -4.38. The Balaban J connectivity index is 3.41. The molecule has 0 bridgehead atoms. The van der Waals surface area contributed by atoms with Gasteiger partial charge < -0.3 is 9.79 Å². The van der Waals surface area contributed by atoms with Crippen LogP contribution in [0.5, 0.6) is 0 Å². The lowest BCUT2D eigenvalue weighted by atomic mass is 10.4. The van der Waals surface area contributed by atoms with Crippen molar-refractivity contribution in [2.24, 2.45) is 0 Å². The van der Waals surface area contributed by atoms with Gasteiger partial charge in [-0.25, -0.2) is 0 Å². The van der Waals surface area contributed by atoms with Gasteiger partial charge in [0.05, 0.1) is 20.4 Å². The Labute approximate surface area is 89.4 Å². The summed E-state index contributed by atoms with van der Waals surface area (Å²) in [6.07, 6.45) is 0. The molecule has 1 aromatic carbocycles. The Morgan fingerprint density at radius 1 is 1.00 bits per heavy atom. The maximum Gasteiger partial charge on any atom is 0.357 e. The predicted molar refractivity (Wildman–Crippen MR) is 53.2 cm³/mol. The molecule has 7 heteroatoms. The fourth-order valence-corrected chi connectivity index (χ4v) is 2.33. The molecule has 0 atom stereocenters. The SMILES string of the molecule is O=P(O)(O)c1cc(Cl)c(Cl)cc1Cl. The molecule has 0 saturated carbocycles. The van der Waals surface area contributed by atoms with Gasteiger partial charge >= 0.3 is 7.60 Å². The molecule has 72 valence electrons. The van der Waals surface area contributed by atoms with Crippen LogP contribution in [0.1, 0.15) is 0 Å². The van der Waals surface area contributed by atoms with Crippen molar-refractivity contribution in [3.8, 4) is 0 Å². The second-order valence-corrected chi connectivity index (χ2v) is 5.05. The molecule has 0 aliphatic rings. The van der Waals surface area contributed by atoms with Gasteiger partial charge in [-0.1, -0.05) is 34.8 Å². The van der Waals surface area contributed by atoms with Crippen molar-refractivity contribution in [3.05, 3.63) is 27.2 Å². The number of halogens is 3. The zero-order chi connectivity index (χ0) is 10.2. The average molecular weight is 261 g/mol. The van der Waals surface area contributed by atoms with Gasteiger partial charge in [-0.3, -0.25) is 4.57 Å². The van der Waals surface area contributed by atoms with E-state index < -0.39 is 7.60 Å². The summed E-state index contributed by atoms with van der Waals surface area (Å²) < 4.78 is 10.8. The van der Waals surface area contributed by atoms with E-state index in [1.54, 1.807) is 0 Å². The molecule has 0 unspecified atom stereocenters. The maximum absolute atomic E-state index is 10.8. The van der Waals surface area contributed by atoms with Crippen molar-refractivity contribution in [3.63, 3.8) is 0 Å². The van der Waals surface area contributed by atoms with E-state index >= 15 is 0 Å². The second-order valence-electron chi connectivity index (χ2n) is 2.26. The van der Waals surface area contributed by atoms with E-state index in [9.17, 15) is 4.57 Å². The summed E-state index contributed by atoms with van der Waals surface area (Å²) in [5, 5.41) is -0.195. The highest BCUT2D eigenvalue weighted by atomic mass is 35.5. The third kappa shape index (κ3) is 2.59. The Morgan fingerprint density at radius 2 is 1.46 bits per heavy atom. The highest BCUT2D eigenvalue weighted by Gasteiger charge is 2.22. The van der Waals surface area contributed by atoms with Crippen molar-refractivity contribution in [2.45, 2.75) is 0 Å². The minimum Gasteiger partial charge on any atom is -0.321 e. The zero-order valence-electron chi connectivity index (χ0n) is 6.04. The van der Waals surface area contributed by atoms with Crippen LogP contribution in [0.2, 0.25) is 15.1 Å². The summed E-state index contributed by atoms with van der Waals surface area (Å²) in [4.78, 5) is 17.6. The number of hydrogen-bond donors (Lipinski definition) is 2. The molecule has 1 rings (SSSR count). The molecule has 0 heterocycles. The molecule has 0 amide bonds. The Morgan fingerprint density at radius 3 is 1.92 bits per heavy atom. The van der Waals surface area contributed by atoms with Crippen LogP contribution in [-0.4, -0.2) is 9.79 Å². The standard InChI is InChI=1S/C6H4Cl3O3P/c7-3-1-5(9)6(2-4(3)8)13(10,11)12/h1-2H,(H2,10,11,12). The van der Waals surface area contributed by atoms with Gasteiger partial charge in [0.25, 0.3) is 0 Å². The van der Waals surface area contributed by atoms with E-state index in [-0.39, 0.29) is 20.4 Å². The first kappa shape index (κ1) is 11.3. The van der Waals surface area contributed by atoms with E-state index in [4.69, 9.17) is 44.6 Å². The van der Waals surface area contributed by atoms with E-state index in [1.165, 1.54) is 6.07 Å². The molecule has 0 aliphatic carbocycles. The number of rotatable bonds is 1. The van der Waals surface area contributed by atoms with Crippen molar-refractivity contribution in [1.29, 1.82) is 0 Å². The summed E-state index contributed by atoms with van der Waals surface area (Å²) in [7, 11) is -4.38. The first-order valence-corrected chi connectivity index (χ1v) is 5.77. The molecule has 2 N–H and O–H groups in total. The van der Waals surface area contributed by atoms with Gasteiger partial charge in [-0.15, -0.1) is 0 Å². The van der Waals surface area contributed by atoms with Crippen LogP contribution >= 0.6 is 42.4 Å². The fourth-order valence-electron chi connectivity index (χ4n) is 0.735. The Hall–Kier alpha value is 0.240. The van der Waals surface area contributed by atoms with Crippen LogP contribution in [-0.2, 0) is 4.57 Å². The molecule has 0 radical (unpaired) electrons. The monoisotopic (exact) mass is 260 g/mol. The molecular weight excluding hydrogens is 257 g/mol. The van der Waals surface area contributed by atoms with E-state index in [1.807, 2.05) is 0 Å². The summed E-state index contributed by atoms with van der Waals surface area (Å²) in [5.41, 5.74) is 0. The molecule has 1 aromatic rings. The average Bonchev–Trinajstić information content (AvgIpc) is 1.94. The van der Waals surface area contributed by atoms with Crippen LogP contribution in [0, 0.1) is 0 Å². The van der Waals surface area contributed by atoms with Crippen molar-refractivity contribution >= 4 is 47.7 Å². The topological polar surface area (TPSA) is 57.5 Å². The van der Waals surface area contributed by atoms with Gasteiger partial charge in [0, 0.05) is 0 Å². The molecule has 0 saturated heterocycles. The smallest absolute Gasteiger partial charge is 0.321 e. The molecule has 0 aliphatic heterocycles. The number of hydrogen-bond acceptors (Lipinski definition) is 1. The summed E-state index contributed by atoms with van der Waals surface area (Å²) in [6.45, 7) is 0. The highest BCUT2D eigenvalue weighted by Crippen LogP contribution is 2.39. The minimum absolute atomic E-state index is 0.0596. The third-order valence-electron chi connectivity index (χ3n) is 1.30. The van der Waals surface area contributed by atoms with Crippen LogP contribution in [0.3, 0.4) is 0 Å². The maximum atomic E-state index is 10.8. The first-order valence-electron chi connectivity index (χ1n) is 3.03. The zero-order valence-corrected chi connectivity index (χ0v) is 9.20. The summed E-state index contributed by atoms with van der Waals surface area (Å²) >= 11 is 16.7. The molecule has 0 aromatic heterocycles. The van der Waals surface area contributed by atoms with Crippen LogP contribution in [0.4, 0.5) is 0 Å². The van der Waals surface area contributed by atoms with Crippen molar-refractivity contribution in [2.75, 3.05) is 0 Å². The molecule has 0 spiro atoms. The molecule has 3 nitrogen and oxygen atoms in total. The molecular formula is C6H4Cl3O3P. The van der Waals surface area contributed by atoms with Gasteiger partial charge in [-0.2, -0.15) is 0 Å². The van der Waals surface area contributed by atoms with E-state index in [0.29, 0.717) is 0 Å². The van der Waals surface area contributed by atoms with E-state index in [2.05, 4.69) is 0 Å². The largest absolute Gasteiger partial charge is 0.357 e. The predicted octanol–water partition coefficient (Wildman–Crippen LogP) is 2.45. The van der Waals surface area contributed by atoms with Crippen LogP contribution < -0.4 is 5.30 Å². The van der Waals surface area contributed by atoms with Crippen LogP contribution in [0.15, 0.2) is 12.1 Å². The lowest BCUT2D eigenvalue weighted by Crippen LogP contribution is -2.05. The van der Waals surface area contributed by atoms with Gasteiger partial charge in [0.1, 0.15) is 0 Å². The lowest BCUT2D eigenvalue weighted by Gasteiger charge is -2.07. The van der Waals surface area contributed by atoms with Crippen LogP contribution in [0.25, 0.3) is 0 Å². The van der Waals surface area contributed by atoms with Gasteiger partial charge in [-0.05, 0) is 12.1 Å². The highest BCUT2D eigenvalue weighted by molar-refractivity contribution is 7.60. The Kier molecular flexibility index (Phi) is 3.29. The lowest BCUT2D eigenvalue weighted by molar-refractivity contribution is 0.387. The second kappa shape index (κ2) is 3.77. The molecule has 0 fully saturated rings. The summed E-state index contributed by atoms with van der Waals surface area (Å²) in [5.74, 6) is 0. The fraction of sp³-hybridized carbons (Fsp3) is 0. The normalized spacial score (nSPS) is 11.8. The third-order valence-corrected chi connectivity index (χ3v) is 3.47. The van der Waals surface area contributed by atoms with Gasteiger partial charge in [0.15, 0.2) is 0 Å². The van der Waals surface area contributed by atoms with Crippen molar-refractivity contribution in [1.82, 2.24) is 0 Å². The van der Waals surface area contributed by atoms with Gasteiger partial charge in [0.2, 0.25) is 0 Å². The number of benzene rings is 1. The van der Waals surface area contributed by atoms with E-state index in [0.717, 1.165) is 6.07 Å². The Bertz CT molecular complexity index is 387. The first-order chi connectivity index (χ1) is 5.82.